The predicted molar refractivity (Wildman–Crippen MR) is 86.4 cm³/mol. The number of fused-ring (bicyclic) bond motifs is 1. The molecule has 1 aliphatic rings. The van der Waals surface area contributed by atoms with E-state index in [1.807, 2.05) is 13.8 Å². The Hall–Kier alpha value is -1.83. The molecule has 1 saturated carbocycles. The van der Waals surface area contributed by atoms with Gasteiger partial charge < -0.3 is 14.4 Å². The molecular formula is C17H22F3N3O2. The molecule has 1 N–H and O–H groups in total. The van der Waals surface area contributed by atoms with Gasteiger partial charge in [-0.1, -0.05) is 13.8 Å². The van der Waals surface area contributed by atoms with Crippen LogP contribution in [0.15, 0.2) is 12.4 Å². The number of halogens is 3. The summed E-state index contributed by atoms with van der Waals surface area (Å²) in [7, 11) is 0. The highest BCUT2D eigenvalue weighted by molar-refractivity contribution is 5.77. The topological polar surface area (TPSA) is 60.2 Å². The number of alkyl halides is 3. The highest BCUT2D eigenvalue weighted by Crippen LogP contribution is 2.44. The van der Waals surface area contributed by atoms with E-state index >= 15 is 0 Å². The Morgan fingerprint density at radius 3 is 2.64 bits per heavy atom. The molecule has 0 spiro atoms. The second kappa shape index (κ2) is 6.16. The van der Waals surface area contributed by atoms with E-state index < -0.39 is 17.3 Å². The van der Waals surface area contributed by atoms with Gasteiger partial charge in [0.2, 0.25) is 5.88 Å². The number of rotatable bonds is 5. The summed E-state index contributed by atoms with van der Waals surface area (Å²) in [5.74, 6) is 0.322. The minimum Gasteiger partial charge on any atom is -0.478 e. The second-order valence-corrected chi connectivity index (χ2v) is 7.42. The molecule has 0 saturated heterocycles. The normalized spacial score (nSPS) is 23.9. The molecule has 8 heteroatoms. The molecular weight excluding hydrogens is 335 g/mol. The maximum Gasteiger partial charge on any atom is 0.418 e. The van der Waals surface area contributed by atoms with Gasteiger partial charge in [0.15, 0.2) is 5.65 Å². The number of ether oxygens (including phenoxy) is 1. The van der Waals surface area contributed by atoms with Crippen LogP contribution < -0.4 is 4.74 Å². The summed E-state index contributed by atoms with van der Waals surface area (Å²) in [6.07, 6.45) is -1.66. The fourth-order valence-electron chi connectivity index (χ4n) is 3.14. The summed E-state index contributed by atoms with van der Waals surface area (Å²) >= 11 is 0. The van der Waals surface area contributed by atoms with E-state index in [1.54, 1.807) is 6.92 Å². The van der Waals surface area contributed by atoms with Crippen molar-refractivity contribution in [2.45, 2.75) is 57.9 Å². The van der Waals surface area contributed by atoms with Crippen LogP contribution >= 0.6 is 0 Å². The molecule has 1 aliphatic carbocycles. The third-order valence-corrected chi connectivity index (χ3v) is 4.51. The largest absolute Gasteiger partial charge is 0.478 e. The second-order valence-electron chi connectivity index (χ2n) is 7.42. The first-order valence-electron chi connectivity index (χ1n) is 8.37. The number of aliphatic hydroxyl groups is 1. The summed E-state index contributed by atoms with van der Waals surface area (Å²) < 4.78 is 47.6. The van der Waals surface area contributed by atoms with Gasteiger partial charge in [-0.2, -0.15) is 18.2 Å². The summed E-state index contributed by atoms with van der Waals surface area (Å²) in [6.45, 7) is 6.00. The number of imidazole rings is 1. The lowest BCUT2D eigenvalue weighted by Crippen LogP contribution is -2.41. The van der Waals surface area contributed by atoms with E-state index in [0.717, 1.165) is 12.5 Å². The lowest BCUT2D eigenvalue weighted by atomic mass is 9.77. The van der Waals surface area contributed by atoms with Crippen LogP contribution in [0.1, 0.15) is 51.6 Å². The van der Waals surface area contributed by atoms with Crippen LogP contribution in [0, 0.1) is 5.92 Å². The van der Waals surface area contributed by atoms with Crippen LogP contribution in [0.5, 0.6) is 5.88 Å². The number of hydrogen-bond acceptors (Lipinski definition) is 4. The first kappa shape index (κ1) is 18.0. The zero-order valence-corrected chi connectivity index (χ0v) is 14.5. The Labute approximate surface area is 143 Å². The van der Waals surface area contributed by atoms with E-state index in [0.29, 0.717) is 25.4 Å². The van der Waals surface area contributed by atoms with Gasteiger partial charge in [-0.05, 0) is 32.1 Å². The molecule has 1 fully saturated rings. The molecule has 2 aromatic heterocycles. The Morgan fingerprint density at radius 2 is 2.08 bits per heavy atom. The third-order valence-electron chi connectivity index (χ3n) is 4.51. The van der Waals surface area contributed by atoms with Crippen LogP contribution in [0.4, 0.5) is 13.2 Å². The van der Waals surface area contributed by atoms with Gasteiger partial charge in [-0.3, -0.25) is 0 Å². The molecule has 3 rings (SSSR count). The van der Waals surface area contributed by atoms with E-state index in [1.165, 1.54) is 10.9 Å². The minimum absolute atomic E-state index is 0.0147. The maximum atomic E-state index is 13.6. The number of hydrogen-bond donors (Lipinski definition) is 1. The van der Waals surface area contributed by atoms with E-state index in [2.05, 4.69) is 9.97 Å². The van der Waals surface area contributed by atoms with E-state index in [-0.39, 0.29) is 23.1 Å². The molecule has 2 aromatic rings. The molecule has 0 atom stereocenters. The van der Waals surface area contributed by atoms with Gasteiger partial charge in [0, 0.05) is 12.1 Å². The van der Waals surface area contributed by atoms with Crippen molar-refractivity contribution >= 4 is 11.2 Å². The standard InChI is InChI=1S/C17H22F3N3O2/c1-10(2)4-5-25-13-6-12(17(18,19)20)14-15(22-13)21-9-23(14)11-7-16(3,24)8-11/h6,9-11,24H,4-5,7-8H2,1-3H3. The van der Waals surface area contributed by atoms with Crippen molar-refractivity contribution in [1.82, 2.24) is 14.5 Å². The lowest BCUT2D eigenvalue weighted by Gasteiger charge is -2.41. The molecule has 0 aliphatic heterocycles. The summed E-state index contributed by atoms with van der Waals surface area (Å²) in [6, 6.07) is 0.730. The molecule has 0 radical (unpaired) electrons. The average molecular weight is 357 g/mol. The van der Waals surface area contributed by atoms with E-state index in [9.17, 15) is 18.3 Å². The third kappa shape index (κ3) is 3.73. The van der Waals surface area contributed by atoms with Crippen molar-refractivity contribution in [1.29, 1.82) is 0 Å². The van der Waals surface area contributed by atoms with Crippen molar-refractivity contribution in [2.75, 3.05) is 6.61 Å². The Balaban J connectivity index is 1.97. The molecule has 0 aromatic carbocycles. The number of aromatic nitrogens is 3. The Morgan fingerprint density at radius 1 is 1.40 bits per heavy atom. The molecule has 0 bridgehead atoms. The first-order valence-corrected chi connectivity index (χ1v) is 8.37. The SMILES string of the molecule is CC(C)CCOc1cc(C(F)(F)F)c2c(ncn2C2CC(C)(O)C2)n1. The van der Waals surface area contributed by atoms with Gasteiger partial charge in [-0.25, -0.2) is 4.98 Å². The highest BCUT2D eigenvalue weighted by Gasteiger charge is 2.42. The van der Waals surface area contributed by atoms with Crippen molar-refractivity contribution in [2.24, 2.45) is 5.92 Å². The van der Waals surface area contributed by atoms with Crippen LogP contribution in [0.2, 0.25) is 0 Å². The zero-order valence-electron chi connectivity index (χ0n) is 14.5. The van der Waals surface area contributed by atoms with Crippen LogP contribution in [0.25, 0.3) is 11.2 Å². The highest BCUT2D eigenvalue weighted by atomic mass is 19.4. The monoisotopic (exact) mass is 357 g/mol. The fourth-order valence-corrected chi connectivity index (χ4v) is 3.14. The fraction of sp³-hybridized carbons (Fsp3) is 0.647. The van der Waals surface area contributed by atoms with Crippen molar-refractivity contribution in [3.05, 3.63) is 18.0 Å². The van der Waals surface area contributed by atoms with E-state index in [4.69, 9.17) is 4.74 Å². The number of nitrogens with zero attached hydrogens (tertiary/aromatic N) is 3. The van der Waals surface area contributed by atoms with Gasteiger partial charge in [0.25, 0.3) is 0 Å². The van der Waals surface area contributed by atoms with Crippen molar-refractivity contribution in [3.8, 4) is 5.88 Å². The molecule has 0 amide bonds. The number of pyridine rings is 1. The molecule has 2 heterocycles. The lowest BCUT2D eigenvalue weighted by molar-refractivity contribution is -0.136. The van der Waals surface area contributed by atoms with Gasteiger partial charge in [0.1, 0.15) is 5.52 Å². The molecule has 138 valence electrons. The van der Waals surface area contributed by atoms with Gasteiger partial charge >= 0.3 is 6.18 Å². The smallest absolute Gasteiger partial charge is 0.418 e. The quantitative estimate of drug-likeness (QED) is 0.880. The summed E-state index contributed by atoms with van der Waals surface area (Å²) in [5.41, 5.74) is -1.68. The molecule has 25 heavy (non-hydrogen) atoms. The van der Waals surface area contributed by atoms with Crippen LogP contribution in [-0.2, 0) is 6.18 Å². The minimum atomic E-state index is -4.54. The zero-order chi connectivity index (χ0) is 18.4. The Kier molecular flexibility index (Phi) is 4.43. The molecule has 0 unspecified atom stereocenters. The summed E-state index contributed by atoms with van der Waals surface area (Å²) in [5, 5.41) is 9.88. The first-order chi connectivity index (χ1) is 11.6. The average Bonchev–Trinajstić information content (AvgIpc) is 2.85. The van der Waals surface area contributed by atoms with Gasteiger partial charge in [0.05, 0.1) is 24.1 Å². The summed E-state index contributed by atoms with van der Waals surface area (Å²) in [4.78, 5) is 8.16. The molecule has 5 nitrogen and oxygen atoms in total. The maximum absolute atomic E-state index is 13.6. The van der Waals surface area contributed by atoms with Gasteiger partial charge in [-0.15, -0.1) is 0 Å². The van der Waals surface area contributed by atoms with Crippen molar-refractivity contribution in [3.63, 3.8) is 0 Å². The Bertz CT molecular complexity index is 760. The van der Waals surface area contributed by atoms with Crippen molar-refractivity contribution < 1.29 is 23.0 Å². The van der Waals surface area contributed by atoms with Crippen LogP contribution in [0.3, 0.4) is 0 Å². The predicted octanol–water partition coefficient (Wildman–Crippen LogP) is 3.96. The van der Waals surface area contributed by atoms with Crippen LogP contribution in [-0.4, -0.2) is 31.8 Å².